The molecule has 0 bridgehead atoms. The highest BCUT2D eigenvalue weighted by molar-refractivity contribution is 5.94. The molecule has 0 radical (unpaired) electrons. The number of hydrogen-bond acceptors (Lipinski definition) is 5. The molecule has 4 N–H and O–H groups in total. The molecule has 1 aromatic rings. The van der Waals surface area contributed by atoms with Crippen LogP contribution in [0.2, 0.25) is 0 Å². The van der Waals surface area contributed by atoms with Gasteiger partial charge in [-0.1, -0.05) is 0 Å². The largest absolute Gasteiger partial charge is 0.382 e. The van der Waals surface area contributed by atoms with Crippen molar-refractivity contribution in [2.24, 2.45) is 0 Å². The molecule has 0 spiro atoms. The number of carbonyl (C=O) groups excluding carboxylic acids is 2. The molecule has 0 aliphatic rings. The monoisotopic (exact) mass is 251 g/mol. The number of carbonyl (C=O) groups is 2. The van der Waals surface area contributed by atoms with Gasteiger partial charge in [0.2, 0.25) is 5.91 Å². The first kappa shape index (κ1) is 13.9. The summed E-state index contributed by atoms with van der Waals surface area (Å²) in [5, 5.41) is 12.3. The number of rotatable bonds is 3. The van der Waals surface area contributed by atoms with E-state index in [0.717, 1.165) is 0 Å². The summed E-state index contributed by atoms with van der Waals surface area (Å²) in [6.45, 7) is 5.47. The van der Waals surface area contributed by atoms with Gasteiger partial charge in [0.05, 0.1) is 6.54 Å². The van der Waals surface area contributed by atoms with Crippen molar-refractivity contribution in [3.63, 3.8) is 0 Å². The third kappa shape index (κ3) is 4.77. The molecule has 1 heterocycles. The van der Waals surface area contributed by atoms with Crippen molar-refractivity contribution in [1.82, 2.24) is 20.8 Å². The molecule has 7 nitrogen and oxygen atoms in total. The lowest BCUT2D eigenvalue weighted by Gasteiger charge is -2.20. The minimum absolute atomic E-state index is 0.109. The van der Waals surface area contributed by atoms with Gasteiger partial charge in [-0.2, -0.15) is 0 Å². The maximum Gasteiger partial charge on any atom is 0.272 e. The standard InChI is InChI=1S/C11H17N5O2/c1-11(2,3)14-9(17)6-13-10(18)7-4-5-8(12)16-15-7/h4-5H,6H2,1-3H3,(H2,12,16)(H,13,18)(H,14,17). The SMILES string of the molecule is CC(C)(C)NC(=O)CNC(=O)c1ccc(N)nn1. The van der Waals surface area contributed by atoms with Crippen molar-refractivity contribution >= 4 is 17.6 Å². The number of nitrogen functional groups attached to an aromatic ring is 1. The summed E-state index contributed by atoms with van der Waals surface area (Å²) >= 11 is 0. The summed E-state index contributed by atoms with van der Waals surface area (Å²) in [7, 11) is 0. The summed E-state index contributed by atoms with van der Waals surface area (Å²) in [5.74, 6) is -0.497. The Bertz CT molecular complexity index is 436. The van der Waals surface area contributed by atoms with Crippen LogP contribution in [0.5, 0.6) is 0 Å². The molecular weight excluding hydrogens is 234 g/mol. The third-order valence-electron chi connectivity index (χ3n) is 1.84. The van der Waals surface area contributed by atoms with Crippen LogP contribution in [-0.4, -0.2) is 34.1 Å². The zero-order valence-corrected chi connectivity index (χ0v) is 10.7. The van der Waals surface area contributed by atoms with E-state index in [4.69, 9.17) is 5.73 Å². The van der Waals surface area contributed by atoms with Gasteiger partial charge in [0, 0.05) is 5.54 Å². The summed E-state index contributed by atoms with van der Waals surface area (Å²) in [5.41, 5.74) is 5.14. The average Bonchev–Trinajstić information content (AvgIpc) is 2.24. The number of aromatic nitrogens is 2. The minimum Gasteiger partial charge on any atom is -0.382 e. The van der Waals surface area contributed by atoms with Crippen LogP contribution in [0.1, 0.15) is 31.3 Å². The van der Waals surface area contributed by atoms with Crippen LogP contribution in [0.4, 0.5) is 5.82 Å². The summed E-state index contributed by atoms with van der Waals surface area (Å²) in [6, 6.07) is 2.91. The number of nitrogens with zero attached hydrogens (tertiary/aromatic N) is 2. The number of anilines is 1. The predicted molar refractivity (Wildman–Crippen MR) is 66.7 cm³/mol. The van der Waals surface area contributed by atoms with Gasteiger partial charge in [0.1, 0.15) is 5.82 Å². The maximum absolute atomic E-state index is 11.6. The lowest BCUT2D eigenvalue weighted by atomic mass is 10.1. The molecule has 0 saturated carbocycles. The van der Waals surface area contributed by atoms with E-state index in [0.29, 0.717) is 0 Å². The molecule has 0 aliphatic heterocycles. The molecule has 0 aromatic carbocycles. The molecule has 0 saturated heterocycles. The Labute approximate surface area is 105 Å². The molecule has 18 heavy (non-hydrogen) atoms. The van der Waals surface area contributed by atoms with E-state index in [1.807, 2.05) is 20.8 Å². The van der Waals surface area contributed by atoms with Gasteiger partial charge in [0.25, 0.3) is 5.91 Å². The number of hydrogen-bond donors (Lipinski definition) is 3. The van der Waals surface area contributed by atoms with Crippen molar-refractivity contribution < 1.29 is 9.59 Å². The van der Waals surface area contributed by atoms with Crippen LogP contribution in [0.3, 0.4) is 0 Å². The molecule has 2 amide bonds. The van der Waals surface area contributed by atoms with Crippen LogP contribution in [0.15, 0.2) is 12.1 Å². The molecular formula is C11H17N5O2. The van der Waals surface area contributed by atoms with E-state index >= 15 is 0 Å². The van der Waals surface area contributed by atoms with Gasteiger partial charge in [-0.25, -0.2) is 0 Å². The van der Waals surface area contributed by atoms with Crippen molar-refractivity contribution in [3.8, 4) is 0 Å². The Hall–Kier alpha value is -2.18. The lowest BCUT2D eigenvalue weighted by Crippen LogP contribution is -2.45. The minimum atomic E-state index is -0.466. The highest BCUT2D eigenvalue weighted by atomic mass is 16.2. The third-order valence-corrected chi connectivity index (χ3v) is 1.84. The summed E-state index contributed by atoms with van der Waals surface area (Å²) < 4.78 is 0. The smallest absolute Gasteiger partial charge is 0.272 e. The fourth-order valence-electron chi connectivity index (χ4n) is 1.18. The number of nitrogens with two attached hydrogens (primary N) is 1. The topological polar surface area (TPSA) is 110 Å². The van der Waals surface area contributed by atoms with Gasteiger partial charge in [0.15, 0.2) is 5.69 Å². The second-order valence-corrected chi connectivity index (χ2v) is 4.82. The van der Waals surface area contributed by atoms with Crippen LogP contribution in [-0.2, 0) is 4.79 Å². The first-order chi connectivity index (χ1) is 8.28. The van der Waals surface area contributed by atoms with Gasteiger partial charge in [-0.15, -0.1) is 10.2 Å². The molecule has 7 heteroatoms. The molecule has 1 aromatic heterocycles. The lowest BCUT2D eigenvalue weighted by molar-refractivity contribution is -0.121. The van der Waals surface area contributed by atoms with Gasteiger partial charge in [-0.05, 0) is 32.9 Å². The van der Waals surface area contributed by atoms with Crippen molar-refractivity contribution in [1.29, 1.82) is 0 Å². The van der Waals surface area contributed by atoms with E-state index in [2.05, 4.69) is 20.8 Å². The Balaban J connectivity index is 2.47. The molecule has 98 valence electrons. The first-order valence-electron chi connectivity index (χ1n) is 5.46. The van der Waals surface area contributed by atoms with Crippen LogP contribution >= 0.6 is 0 Å². The molecule has 0 fully saturated rings. The van der Waals surface area contributed by atoms with Crippen molar-refractivity contribution in [2.45, 2.75) is 26.3 Å². The Morgan fingerprint density at radius 1 is 1.28 bits per heavy atom. The zero-order valence-electron chi connectivity index (χ0n) is 10.7. The van der Waals surface area contributed by atoms with Gasteiger partial charge >= 0.3 is 0 Å². The fraction of sp³-hybridized carbons (Fsp3) is 0.455. The first-order valence-corrected chi connectivity index (χ1v) is 5.46. The van der Waals surface area contributed by atoms with E-state index in [1.54, 1.807) is 0 Å². The molecule has 0 unspecified atom stereocenters. The molecule has 0 aliphatic carbocycles. The quantitative estimate of drug-likeness (QED) is 0.683. The van der Waals surface area contributed by atoms with E-state index < -0.39 is 5.91 Å². The van der Waals surface area contributed by atoms with Crippen molar-refractivity contribution in [3.05, 3.63) is 17.8 Å². The maximum atomic E-state index is 11.6. The summed E-state index contributed by atoms with van der Waals surface area (Å²) in [4.78, 5) is 23.1. The van der Waals surface area contributed by atoms with Crippen LogP contribution in [0.25, 0.3) is 0 Å². The average molecular weight is 251 g/mol. The number of amides is 2. The predicted octanol–water partition coefficient (Wildman–Crippen LogP) is -0.297. The molecule has 1 rings (SSSR count). The fourth-order valence-corrected chi connectivity index (χ4v) is 1.18. The van der Waals surface area contributed by atoms with Crippen LogP contribution < -0.4 is 16.4 Å². The second kappa shape index (κ2) is 5.44. The summed E-state index contributed by atoms with van der Waals surface area (Å²) in [6.07, 6.45) is 0. The van der Waals surface area contributed by atoms with E-state index in [-0.39, 0.29) is 29.5 Å². The Morgan fingerprint density at radius 2 is 1.94 bits per heavy atom. The normalized spacial score (nSPS) is 10.8. The van der Waals surface area contributed by atoms with Crippen molar-refractivity contribution in [2.75, 3.05) is 12.3 Å². The van der Waals surface area contributed by atoms with Gasteiger partial charge in [-0.3, -0.25) is 9.59 Å². The number of nitrogens with one attached hydrogen (secondary N) is 2. The van der Waals surface area contributed by atoms with E-state index in [9.17, 15) is 9.59 Å². The Morgan fingerprint density at radius 3 is 2.44 bits per heavy atom. The highest BCUT2D eigenvalue weighted by Crippen LogP contribution is 1.98. The highest BCUT2D eigenvalue weighted by Gasteiger charge is 2.15. The Kier molecular flexibility index (Phi) is 4.19. The van der Waals surface area contributed by atoms with E-state index in [1.165, 1.54) is 12.1 Å². The van der Waals surface area contributed by atoms with Crippen LogP contribution in [0, 0.1) is 0 Å². The second-order valence-electron chi connectivity index (χ2n) is 4.82. The van der Waals surface area contributed by atoms with Gasteiger partial charge < -0.3 is 16.4 Å². The molecule has 0 atom stereocenters. The zero-order chi connectivity index (χ0) is 13.8.